The molecule has 3 aromatic heterocycles. The number of ketones is 1. The van der Waals surface area contributed by atoms with E-state index in [1.165, 1.54) is 0 Å². The molecule has 1 fully saturated rings. The third-order valence-corrected chi connectivity index (χ3v) is 5.78. The number of benzene rings is 1. The number of hydrogen-bond donors (Lipinski definition) is 3. The van der Waals surface area contributed by atoms with Gasteiger partial charge in [0.05, 0.1) is 0 Å². The van der Waals surface area contributed by atoms with Crippen LogP contribution in [-0.4, -0.2) is 37.9 Å². The van der Waals surface area contributed by atoms with Crippen molar-refractivity contribution in [2.75, 3.05) is 0 Å². The summed E-state index contributed by atoms with van der Waals surface area (Å²) < 4.78 is 0. The number of carbonyl (C=O) groups excluding carboxylic acids is 2. The van der Waals surface area contributed by atoms with Gasteiger partial charge in [-0.3, -0.25) is 14.7 Å². The van der Waals surface area contributed by atoms with Crippen molar-refractivity contribution in [2.24, 2.45) is 0 Å². The van der Waals surface area contributed by atoms with Gasteiger partial charge in [-0.2, -0.15) is 5.10 Å². The molecule has 5 rings (SSSR count). The first-order valence-corrected chi connectivity index (χ1v) is 10.4. The lowest BCUT2D eigenvalue weighted by Gasteiger charge is -2.04. The van der Waals surface area contributed by atoms with Gasteiger partial charge >= 0.3 is 0 Å². The van der Waals surface area contributed by atoms with Crippen LogP contribution < -0.4 is 5.32 Å². The standard InChI is InChI=1S/C24H23N5O2/c1-13-14(2)28-29-22(13)21(30)10-15-9-18-11-20(27-23(18)25-12-15)16-3-5-17(6-4-16)24(31)26-19-7-8-19/h3-6,9,11-12,19H,7-8,10H2,1-2H3,(H,25,27)(H,26,31)(H,28,29). The van der Waals surface area contributed by atoms with Crippen LogP contribution in [0.1, 0.15) is 50.5 Å². The highest BCUT2D eigenvalue weighted by atomic mass is 16.1. The summed E-state index contributed by atoms with van der Waals surface area (Å²) >= 11 is 0. The summed E-state index contributed by atoms with van der Waals surface area (Å²) in [6.45, 7) is 3.80. The number of hydrogen-bond acceptors (Lipinski definition) is 4. The molecule has 7 nitrogen and oxygen atoms in total. The quantitative estimate of drug-likeness (QED) is 0.417. The van der Waals surface area contributed by atoms with Crippen LogP contribution >= 0.6 is 0 Å². The number of nitrogens with one attached hydrogen (secondary N) is 3. The Labute approximate surface area is 179 Å². The normalized spacial score (nSPS) is 13.5. The number of pyridine rings is 1. The Kier molecular flexibility index (Phi) is 4.66. The molecule has 3 N–H and O–H groups in total. The number of aryl methyl sites for hydroxylation is 1. The second kappa shape index (κ2) is 7.50. The van der Waals surface area contributed by atoms with Gasteiger partial charge in [-0.1, -0.05) is 12.1 Å². The molecular formula is C24H23N5O2. The van der Waals surface area contributed by atoms with Crippen molar-refractivity contribution >= 4 is 22.7 Å². The van der Waals surface area contributed by atoms with Gasteiger partial charge < -0.3 is 10.3 Å². The number of amides is 1. The summed E-state index contributed by atoms with van der Waals surface area (Å²) in [6, 6.07) is 11.9. The van der Waals surface area contributed by atoms with Crippen LogP contribution in [-0.2, 0) is 6.42 Å². The Bertz CT molecular complexity index is 1300. The van der Waals surface area contributed by atoms with E-state index in [0.29, 0.717) is 17.3 Å². The molecular weight excluding hydrogens is 390 g/mol. The number of H-pyrrole nitrogens is 2. The molecule has 3 heterocycles. The van der Waals surface area contributed by atoms with Gasteiger partial charge in [0.15, 0.2) is 5.78 Å². The highest BCUT2D eigenvalue weighted by molar-refractivity contribution is 5.98. The second-order valence-corrected chi connectivity index (χ2v) is 8.21. The number of fused-ring (bicyclic) bond motifs is 1. The van der Waals surface area contributed by atoms with E-state index in [2.05, 4.69) is 25.5 Å². The molecule has 4 aromatic rings. The molecule has 7 heteroatoms. The van der Waals surface area contributed by atoms with E-state index in [4.69, 9.17) is 0 Å². The lowest BCUT2D eigenvalue weighted by atomic mass is 10.0. The van der Waals surface area contributed by atoms with Crippen LogP contribution in [0.15, 0.2) is 42.6 Å². The molecule has 0 atom stereocenters. The largest absolute Gasteiger partial charge is 0.349 e. The van der Waals surface area contributed by atoms with Gasteiger partial charge in [0.25, 0.3) is 5.91 Å². The number of rotatable bonds is 6. The SMILES string of the molecule is Cc1[nH]nc(C(=O)Cc2cnc3[nH]c(-c4ccc(C(=O)NC5CC5)cc4)cc3c2)c1C. The topological polar surface area (TPSA) is 104 Å². The summed E-state index contributed by atoms with van der Waals surface area (Å²) in [6.07, 6.45) is 4.11. The van der Waals surface area contributed by atoms with E-state index in [0.717, 1.165) is 52.0 Å². The maximum atomic E-state index is 12.6. The maximum Gasteiger partial charge on any atom is 0.251 e. The zero-order chi connectivity index (χ0) is 21.5. The Morgan fingerprint density at radius 2 is 1.90 bits per heavy atom. The monoisotopic (exact) mass is 413 g/mol. The summed E-state index contributed by atoms with van der Waals surface area (Å²) in [5, 5.41) is 10.9. The Morgan fingerprint density at radius 3 is 2.58 bits per heavy atom. The third kappa shape index (κ3) is 3.86. The van der Waals surface area contributed by atoms with Gasteiger partial charge in [0, 0.05) is 46.6 Å². The number of carbonyl (C=O) groups is 2. The molecule has 0 radical (unpaired) electrons. The van der Waals surface area contributed by atoms with Crippen LogP contribution in [0.4, 0.5) is 0 Å². The predicted molar refractivity (Wildman–Crippen MR) is 118 cm³/mol. The van der Waals surface area contributed by atoms with E-state index in [-0.39, 0.29) is 18.1 Å². The summed E-state index contributed by atoms with van der Waals surface area (Å²) in [7, 11) is 0. The number of aromatic nitrogens is 4. The van der Waals surface area contributed by atoms with Crippen molar-refractivity contribution in [2.45, 2.75) is 39.2 Å². The summed E-state index contributed by atoms with van der Waals surface area (Å²) in [5.74, 6) is -0.0529. The minimum absolute atomic E-state index is 0.0241. The van der Waals surface area contributed by atoms with Crippen molar-refractivity contribution in [3.63, 3.8) is 0 Å². The molecule has 0 aliphatic heterocycles. The van der Waals surface area contributed by atoms with Crippen LogP contribution in [0.3, 0.4) is 0 Å². The number of aromatic amines is 2. The van der Waals surface area contributed by atoms with E-state index >= 15 is 0 Å². The lowest BCUT2D eigenvalue weighted by molar-refractivity contribution is 0.0949. The zero-order valence-corrected chi connectivity index (χ0v) is 17.5. The third-order valence-electron chi connectivity index (χ3n) is 5.78. The molecule has 1 saturated carbocycles. The molecule has 1 aromatic carbocycles. The van der Waals surface area contributed by atoms with Crippen molar-refractivity contribution < 1.29 is 9.59 Å². The summed E-state index contributed by atoms with van der Waals surface area (Å²) in [5.41, 5.74) is 6.43. The fourth-order valence-electron chi connectivity index (χ4n) is 3.64. The smallest absolute Gasteiger partial charge is 0.251 e. The average molecular weight is 413 g/mol. The molecule has 0 spiro atoms. The Morgan fingerprint density at radius 1 is 1.13 bits per heavy atom. The molecule has 0 unspecified atom stereocenters. The molecule has 156 valence electrons. The zero-order valence-electron chi connectivity index (χ0n) is 17.5. The van der Waals surface area contributed by atoms with E-state index < -0.39 is 0 Å². The van der Waals surface area contributed by atoms with Crippen molar-refractivity contribution in [1.82, 2.24) is 25.5 Å². The molecule has 1 aliphatic carbocycles. The van der Waals surface area contributed by atoms with Gasteiger partial charge in [0.1, 0.15) is 11.3 Å². The second-order valence-electron chi connectivity index (χ2n) is 8.21. The van der Waals surface area contributed by atoms with Crippen LogP contribution in [0, 0.1) is 13.8 Å². The first kappa shape index (κ1) is 19.2. The van der Waals surface area contributed by atoms with E-state index in [1.54, 1.807) is 6.20 Å². The molecule has 0 saturated heterocycles. The van der Waals surface area contributed by atoms with Gasteiger partial charge in [-0.25, -0.2) is 4.98 Å². The van der Waals surface area contributed by atoms with Crippen molar-refractivity contribution in [3.05, 3.63) is 70.7 Å². The molecule has 1 aliphatic rings. The number of Topliss-reactive ketones (excluding diaryl/α,β-unsaturated/α-hetero) is 1. The highest BCUT2D eigenvalue weighted by Crippen LogP contribution is 2.25. The maximum absolute atomic E-state index is 12.6. The van der Waals surface area contributed by atoms with E-state index in [1.807, 2.05) is 50.2 Å². The van der Waals surface area contributed by atoms with E-state index in [9.17, 15) is 9.59 Å². The van der Waals surface area contributed by atoms with Crippen molar-refractivity contribution in [3.8, 4) is 11.3 Å². The Balaban J connectivity index is 1.35. The first-order chi connectivity index (χ1) is 15.0. The van der Waals surface area contributed by atoms with Crippen LogP contribution in [0.2, 0.25) is 0 Å². The Hall–Kier alpha value is -3.74. The van der Waals surface area contributed by atoms with Gasteiger partial charge in [-0.05, 0) is 62.1 Å². The minimum Gasteiger partial charge on any atom is -0.349 e. The van der Waals surface area contributed by atoms with Crippen LogP contribution in [0.25, 0.3) is 22.3 Å². The lowest BCUT2D eigenvalue weighted by Crippen LogP contribution is -2.25. The highest BCUT2D eigenvalue weighted by Gasteiger charge is 2.23. The molecule has 1 amide bonds. The average Bonchev–Trinajstić information content (AvgIpc) is 3.38. The first-order valence-electron chi connectivity index (χ1n) is 10.4. The molecule has 31 heavy (non-hydrogen) atoms. The van der Waals surface area contributed by atoms with Gasteiger partial charge in [0.2, 0.25) is 0 Å². The minimum atomic E-state index is -0.0289. The molecule has 0 bridgehead atoms. The van der Waals surface area contributed by atoms with Crippen molar-refractivity contribution in [1.29, 1.82) is 0 Å². The van der Waals surface area contributed by atoms with Crippen LogP contribution in [0.5, 0.6) is 0 Å². The summed E-state index contributed by atoms with van der Waals surface area (Å²) in [4.78, 5) is 32.6. The predicted octanol–water partition coefficient (Wildman–Crippen LogP) is 3.89. The number of nitrogens with zero attached hydrogens (tertiary/aromatic N) is 2. The fraction of sp³-hybridized carbons (Fsp3) is 0.250. The fourth-order valence-corrected chi connectivity index (χ4v) is 3.64. The van der Waals surface area contributed by atoms with Gasteiger partial charge in [-0.15, -0.1) is 0 Å².